The van der Waals surface area contributed by atoms with Gasteiger partial charge in [0, 0.05) is 0 Å². The molecule has 0 saturated carbocycles. The summed E-state index contributed by atoms with van der Waals surface area (Å²) in [5.74, 6) is -0.142. The van der Waals surface area contributed by atoms with Crippen molar-refractivity contribution < 1.29 is 14.6 Å². The first-order valence-corrected chi connectivity index (χ1v) is 6.43. The van der Waals surface area contributed by atoms with Crippen molar-refractivity contribution >= 4 is 23.5 Å². The van der Waals surface area contributed by atoms with E-state index in [1.165, 1.54) is 13.4 Å². The summed E-state index contributed by atoms with van der Waals surface area (Å²) in [6.07, 6.45) is 2.92. The fourth-order valence-corrected chi connectivity index (χ4v) is 2.43. The lowest BCUT2D eigenvalue weighted by atomic mass is 10.0. The van der Waals surface area contributed by atoms with E-state index in [1.54, 1.807) is 22.9 Å². The molecule has 2 aromatic rings. The van der Waals surface area contributed by atoms with Crippen LogP contribution in [-0.4, -0.2) is 33.0 Å². The Balaban J connectivity index is 2.08. The van der Waals surface area contributed by atoms with Gasteiger partial charge in [0.1, 0.15) is 23.8 Å². The van der Waals surface area contributed by atoms with Gasteiger partial charge in [-0.3, -0.25) is 0 Å². The number of nitrogens with zero attached hydrogens (tertiary/aromatic N) is 3. The monoisotopic (exact) mass is 306 g/mol. The maximum absolute atomic E-state index is 11.2. The van der Waals surface area contributed by atoms with Crippen LogP contribution in [0.4, 0.5) is 5.95 Å². The quantitative estimate of drug-likeness (QED) is 0.900. The van der Waals surface area contributed by atoms with Crippen molar-refractivity contribution in [2.45, 2.75) is 6.04 Å². The van der Waals surface area contributed by atoms with Crippen LogP contribution in [0, 0.1) is 0 Å². The molecule has 1 aliphatic rings. The molecule has 3 rings (SSSR count). The second-order valence-corrected chi connectivity index (χ2v) is 4.78. The first-order valence-electron chi connectivity index (χ1n) is 6.05. The normalized spacial score (nSPS) is 16.7. The molecule has 1 aromatic heterocycles. The van der Waals surface area contributed by atoms with E-state index in [-0.39, 0.29) is 5.70 Å². The van der Waals surface area contributed by atoms with Crippen molar-refractivity contribution in [1.82, 2.24) is 14.8 Å². The smallest absolute Gasteiger partial charge is 0.352 e. The summed E-state index contributed by atoms with van der Waals surface area (Å²) in [6.45, 7) is 0. The molecule has 0 fully saturated rings. The second-order valence-electron chi connectivity index (χ2n) is 4.38. The number of halogens is 1. The van der Waals surface area contributed by atoms with E-state index in [0.717, 1.165) is 5.56 Å². The lowest BCUT2D eigenvalue weighted by Gasteiger charge is -2.22. The third-order valence-electron chi connectivity index (χ3n) is 3.16. The Morgan fingerprint density at radius 3 is 3.00 bits per heavy atom. The highest BCUT2D eigenvalue weighted by Crippen LogP contribution is 2.32. The van der Waals surface area contributed by atoms with E-state index >= 15 is 0 Å². The Kier molecular flexibility index (Phi) is 3.26. The van der Waals surface area contributed by atoms with Gasteiger partial charge in [-0.25, -0.2) is 9.48 Å². The zero-order valence-electron chi connectivity index (χ0n) is 10.9. The average Bonchev–Trinajstić information content (AvgIpc) is 2.94. The Hall–Kier alpha value is -2.54. The molecule has 7 nitrogen and oxygen atoms in total. The van der Waals surface area contributed by atoms with Gasteiger partial charge in [0.2, 0.25) is 5.95 Å². The number of fused-ring (bicyclic) bond motifs is 1. The van der Waals surface area contributed by atoms with Gasteiger partial charge in [0.15, 0.2) is 0 Å². The number of allylic oxidation sites excluding steroid dienone is 1. The fourth-order valence-electron chi connectivity index (χ4n) is 2.16. The summed E-state index contributed by atoms with van der Waals surface area (Å²) in [5.41, 5.74) is 0.834. The van der Waals surface area contributed by atoms with Crippen molar-refractivity contribution in [3.05, 3.63) is 46.9 Å². The van der Waals surface area contributed by atoms with Gasteiger partial charge >= 0.3 is 5.97 Å². The molecule has 21 heavy (non-hydrogen) atoms. The van der Waals surface area contributed by atoms with Crippen molar-refractivity contribution in [2.24, 2.45) is 0 Å². The molecule has 1 atom stereocenters. The summed E-state index contributed by atoms with van der Waals surface area (Å²) < 4.78 is 6.70. The number of aliphatic carboxylic acids is 1. The van der Waals surface area contributed by atoms with Crippen LogP contribution < -0.4 is 10.1 Å². The van der Waals surface area contributed by atoms with Crippen LogP contribution in [0.1, 0.15) is 11.6 Å². The number of benzene rings is 1. The molecule has 1 aliphatic heterocycles. The van der Waals surface area contributed by atoms with Crippen LogP contribution in [0.25, 0.3) is 0 Å². The minimum Gasteiger partial charge on any atom is -0.495 e. The predicted octanol–water partition coefficient (Wildman–Crippen LogP) is 1.92. The van der Waals surface area contributed by atoms with Crippen LogP contribution in [-0.2, 0) is 4.79 Å². The first kappa shape index (κ1) is 13.4. The number of carbonyl (C=O) groups is 1. The third kappa shape index (κ3) is 2.31. The Morgan fingerprint density at radius 1 is 1.52 bits per heavy atom. The number of methoxy groups -OCH3 is 1. The second kappa shape index (κ2) is 5.10. The molecule has 0 aliphatic carbocycles. The predicted molar refractivity (Wildman–Crippen MR) is 75.5 cm³/mol. The molecular formula is C13H11ClN4O3. The number of nitrogens with one attached hydrogen (secondary N) is 1. The summed E-state index contributed by atoms with van der Waals surface area (Å²) in [6, 6.07) is 4.85. The maximum Gasteiger partial charge on any atom is 0.352 e. The van der Waals surface area contributed by atoms with Gasteiger partial charge in [-0.1, -0.05) is 17.7 Å². The number of ether oxygens (including phenoxy) is 1. The molecule has 0 radical (unpaired) electrons. The highest BCUT2D eigenvalue weighted by atomic mass is 35.5. The number of carboxylic acid groups (broad SMARTS) is 1. The van der Waals surface area contributed by atoms with Crippen molar-refractivity contribution in [3.63, 3.8) is 0 Å². The molecule has 2 heterocycles. The van der Waals surface area contributed by atoms with Crippen LogP contribution in [0.2, 0.25) is 5.02 Å². The molecule has 0 amide bonds. The minimum absolute atomic E-state index is 0.0486. The van der Waals surface area contributed by atoms with Crippen LogP contribution in [0.5, 0.6) is 5.75 Å². The van der Waals surface area contributed by atoms with E-state index in [4.69, 9.17) is 21.4 Å². The molecule has 1 aromatic carbocycles. The van der Waals surface area contributed by atoms with Gasteiger partial charge in [0.25, 0.3) is 0 Å². The molecule has 1 unspecified atom stereocenters. The first-order chi connectivity index (χ1) is 10.1. The number of aromatic nitrogens is 3. The van der Waals surface area contributed by atoms with Crippen LogP contribution in [0.3, 0.4) is 0 Å². The summed E-state index contributed by atoms with van der Waals surface area (Å²) >= 11 is 6.13. The van der Waals surface area contributed by atoms with E-state index in [1.807, 2.05) is 6.07 Å². The molecule has 0 bridgehead atoms. The third-order valence-corrected chi connectivity index (χ3v) is 3.45. The number of anilines is 1. The lowest BCUT2D eigenvalue weighted by Crippen LogP contribution is -2.24. The van der Waals surface area contributed by atoms with Gasteiger partial charge in [-0.05, 0) is 23.8 Å². The van der Waals surface area contributed by atoms with Gasteiger partial charge < -0.3 is 15.2 Å². The SMILES string of the molecule is COc1ccc(C2C=C(C(=O)O)Nc3ncnn32)cc1Cl. The average molecular weight is 307 g/mol. The highest BCUT2D eigenvalue weighted by molar-refractivity contribution is 6.32. The van der Waals surface area contributed by atoms with Crippen LogP contribution in [0.15, 0.2) is 36.3 Å². The summed E-state index contributed by atoms with van der Waals surface area (Å²) in [5, 5.41) is 16.4. The van der Waals surface area contributed by atoms with Crippen LogP contribution >= 0.6 is 11.6 Å². The van der Waals surface area contributed by atoms with Gasteiger partial charge in [-0.15, -0.1) is 0 Å². The molecule has 2 N–H and O–H groups in total. The molecular weight excluding hydrogens is 296 g/mol. The van der Waals surface area contributed by atoms with Crippen molar-refractivity contribution in [1.29, 1.82) is 0 Å². The Labute approximate surface area is 124 Å². The number of hydrogen-bond acceptors (Lipinski definition) is 5. The highest BCUT2D eigenvalue weighted by Gasteiger charge is 2.25. The van der Waals surface area contributed by atoms with Gasteiger partial charge in [0.05, 0.1) is 12.1 Å². The largest absolute Gasteiger partial charge is 0.495 e. The van der Waals surface area contributed by atoms with Gasteiger partial charge in [-0.2, -0.15) is 10.1 Å². The Morgan fingerprint density at radius 2 is 2.33 bits per heavy atom. The Bertz CT molecular complexity index is 741. The van der Waals surface area contributed by atoms with Crippen molar-refractivity contribution in [2.75, 3.05) is 12.4 Å². The fraction of sp³-hybridized carbons (Fsp3) is 0.154. The molecule has 0 spiro atoms. The maximum atomic E-state index is 11.2. The summed E-state index contributed by atoms with van der Waals surface area (Å²) in [4.78, 5) is 15.2. The van der Waals surface area contributed by atoms with Crippen molar-refractivity contribution in [3.8, 4) is 5.75 Å². The molecule has 8 heteroatoms. The molecule has 0 saturated heterocycles. The topological polar surface area (TPSA) is 89.3 Å². The number of hydrogen-bond donors (Lipinski definition) is 2. The zero-order valence-corrected chi connectivity index (χ0v) is 11.7. The summed E-state index contributed by atoms with van der Waals surface area (Å²) in [7, 11) is 1.53. The number of carboxylic acids is 1. The van der Waals surface area contributed by atoms with E-state index in [9.17, 15) is 4.79 Å². The van der Waals surface area contributed by atoms with E-state index in [0.29, 0.717) is 16.7 Å². The minimum atomic E-state index is -1.06. The molecule has 108 valence electrons. The van der Waals surface area contributed by atoms with E-state index < -0.39 is 12.0 Å². The van der Waals surface area contributed by atoms with E-state index in [2.05, 4.69) is 15.4 Å². The zero-order chi connectivity index (χ0) is 15.0. The standard InChI is InChI=1S/C13H11ClN4O3/c1-21-11-3-2-7(4-8(11)14)10-5-9(12(19)20)17-13-15-6-16-18(10)13/h2-6,10H,1H3,(H,19,20)(H,15,16,17). The number of rotatable bonds is 3. The lowest BCUT2D eigenvalue weighted by molar-refractivity contribution is -0.132.